The summed E-state index contributed by atoms with van der Waals surface area (Å²) in [6, 6.07) is 18.3. The van der Waals surface area contributed by atoms with Gasteiger partial charge in [-0.1, -0.05) is 29.5 Å². The van der Waals surface area contributed by atoms with Crippen LogP contribution in [0.1, 0.15) is 53.2 Å². The van der Waals surface area contributed by atoms with Crippen LogP contribution in [-0.4, -0.2) is 43.4 Å². The van der Waals surface area contributed by atoms with E-state index in [-0.39, 0.29) is 5.69 Å². The predicted octanol–water partition coefficient (Wildman–Crippen LogP) is 5.40. The van der Waals surface area contributed by atoms with Gasteiger partial charge in [0.1, 0.15) is 10.8 Å². The number of ether oxygens (including phenoxy) is 1. The molecule has 0 radical (unpaired) electrons. The molecule has 0 atom stereocenters. The predicted molar refractivity (Wildman–Crippen MR) is 132 cm³/mol. The summed E-state index contributed by atoms with van der Waals surface area (Å²) in [6.45, 7) is 0.465. The lowest BCUT2D eigenvalue weighted by molar-refractivity contribution is 0.0686. The maximum Gasteiger partial charge on any atom is 0.359 e. The third kappa shape index (κ3) is 4.77. The molecule has 5 rings (SSSR count). The number of methoxy groups -OCH3 is 1. The van der Waals surface area contributed by atoms with Crippen LogP contribution in [0.3, 0.4) is 0 Å². The summed E-state index contributed by atoms with van der Waals surface area (Å²) in [7, 11) is 1.63. The Labute approximate surface area is 202 Å². The third-order valence-corrected chi connectivity index (χ3v) is 7.87. The number of hydrogen-bond acceptors (Lipinski definition) is 6. The molecule has 2 heterocycles. The number of hydrogen-bond donors (Lipinski definition) is 1. The molecule has 34 heavy (non-hydrogen) atoms. The number of aromatic carboxylic acids is 1. The van der Waals surface area contributed by atoms with Crippen LogP contribution >= 0.6 is 11.8 Å². The number of nitrogens with zero attached hydrogens (tertiary/aromatic N) is 4. The van der Waals surface area contributed by atoms with E-state index in [9.17, 15) is 9.90 Å². The van der Waals surface area contributed by atoms with Crippen molar-refractivity contribution >= 4 is 28.6 Å². The van der Waals surface area contributed by atoms with Crippen molar-refractivity contribution < 1.29 is 14.6 Å². The summed E-state index contributed by atoms with van der Waals surface area (Å²) < 4.78 is 6.93. The monoisotopic (exact) mass is 474 g/mol. The Morgan fingerprint density at radius 3 is 2.65 bits per heavy atom. The number of benzene rings is 2. The van der Waals surface area contributed by atoms with Gasteiger partial charge in [-0.2, -0.15) is 0 Å². The molecule has 2 aromatic carbocycles. The highest BCUT2D eigenvalue weighted by Crippen LogP contribution is 2.41. The van der Waals surface area contributed by atoms with Crippen LogP contribution in [0.5, 0.6) is 5.75 Å². The van der Waals surface area contributed by atoms with Gasteiger partial charge in [-0.15, -0.1) is 16.9 Å². The lowest BCUT2D eigenvalue weighted by Crippen LogP contribution is -2.16. The minimum atomic E-state index is -1.04. The summed E-state index contributed by atoms with van der Waals surface area (Å²) in [5.41, 5.74) is 3.43. The molecule has 0 aliphatic heterocycles. The van der Waals surface area contributed by atoms with Crippen LogP contribution < -0.4 is 4.74 Å². The standard InChI is InChI=1S/C26H26N4O3S/c1-33-21-9-4-17(5-10-21)16-30-25(24(26(31)32)28-29-30)34-22-11-6-18(7-12-22)19-8-13-23-20(15-19)3-2-14-27-23/h2-5,8-10,13-15,18,22H,6-7,11-12,16H2,1H3,(H,31,32)/t18-,22-. The molecule has 2 aromatic heterocycles. The van der Waals surface area contributed by atoms with Crippen molar-refractivity contribution in [2.45, 2.75) is 48.4 Å². The van der Waals surface area contributed by atoms with Crippen molar-refractivity contribution in [2.24, 2.45) is 0 Å². The van der Waals surface area contributed by atoms with Gasteiger partial charge in [0.25, 0.3) is 0 Å². The first kappa shape index (κ1) is 22.4. The fraction of sp³-hybridized carbons (Fsp3) is 0.308. The number of pyridine rings is 1. The Bertz CT molecular complexity index is 1300. The number of aromatic nitrogens is 4. The number of carboxylic acids is 1. The van der Waals surface area contributed by atoms with Crippen LogP contribution in [0.25, 0.3) is 10.9 Å². The largest absolute Gasteiger partial charge is 0.497 e. The SMILES string of the molecule is COc1ccc(Cn2nnc(C(=O)O)c2S[C@H]2CC[C@H](c3ccc4ncccc4c3)CC2)cc1. The molecule has 1 fully saturated rings. The Balaban J connectivity index is 1.28. The molecule has 0 spiro atoms. The maximum absolute atomic E-state index is 11.8. The number of carbonyl (C=O) groups is 1. The van der Waals surface area contributed by atoms with Crippen molar-refractivity contribution in [1.82, 2.24) is 20.0 Å². The van der Waals surface area contributed by atoms with Crippen molar-refractivity contribution in [3.05, 3.63) is 77.6 Å². The van der Waals surface area contributed by atoms with Gasteiger partial charge in [-0.05, 0) is 73.1 Å². The Morgan fingerprint density at radius 2 is 1.91 bits per heavy atom. The second-order valence-corrected chi connectivity index (χ2v) is 9.89. The van der Waals surface area contributed by atoms with E-state index in [0.717, 1.165) is 42.5 Å². The normalized spacial score (nSPS) is 18.1. The molecule has 1 aliphatic carbocycles. The number of fused-ring (bicyclic) bond motifs is 1. The van der Waals surface area contributed by atoms with Crippen molar-refractivity contribution in [1.29, 1.82) is 0 Å². The second kappa shape index (κ2) is 9.85. The molecule has 0 saturated heterocycles. The molecule has 1 saturated carbocycles. The zero-order valence-corrected chi connectivity index (χ0v) is 19.7. The fourth-order valence-electron chi connectivity index (χ4n) is 4.58. The highest BCUT2D eigenvalue weighted by molar-refractivity contribution is 7.99. The number of thioether (sulfide) groups is 1. The Kier molecular flexibility index (Phi) is 6.49. The van der Waals surface area contributed by atoms with E-state index in [2.05, 4.69) is 39.6 Å². The molecular weight excluding hydrogens is 448 g/mol. The molecule has 7 nitrogen and oxygen atoms in total. The zero-order chi connectivity index (χ0) is 23.5. The number of rotatable bonds is 7. The van der Waals surface area contributed by atoms with E-state index in [0.29, 0.717) is 22.7 Å². The number of carboxylic acid groups (broad SMARTS) is 1. The lowest BCUT2D eigenvalue weighted by Gasteiger charge is -2.28. The third-order valence-electron chi connectivity index (χ3n) is 6.43. The molecule has 1 N–H and O–H groups in total. The first-order valence-corrected chi connectivity index (χ1v) is 12.3. The Morgan fingerprint density at radius 1 is 1.12 bits per heavy atom. The molecule has 0 amide bonds. The van der Waals surface area contributed by atoms with Gasteiger partial charge >= 0.3 is 5.97 Å². The van der Waals surface area contributed by atoms with Crippen LogP contribution in [-0.2, 0) is 6.54 Å². The van der Waals surface area contributed by atoms with Gasteiger partial charge in [0, 0.05) is 16.8 Å². The van der Waals surface area contributed by atoms with E-state index in [1.54, 1.807) is 23.6 Å². The Hall–Kier alpha value is -3.39. The first-order chi connectivity index (χ1) is 16.6. The summed E-state index contributed by atoms with van der Waals surface area (Å²) in [5.74, 6) is 0.257. The minimum Gasteiger partial charge on any atom is -0.497 e. The van der Waals surface area contributed by atoms with Gasteiger partial charge in [-0.3, -0.25) is 4.98 Å². The van der Waals surface area contributed by atoms with Gasteiger partial charge < -0.3 is 9.84 Å². The summed E-state index contributed by atoms with van der Waals surface area (Å²) in [5, 5.41) is 19.9. The van der Waals surface area contributed by atoms with E-state index < -0.39 is 5.97 Å². The molecule has 0 unspecified atom stereocenters. The molecular formula is C26H26N4O3S. The molecule has 4 aromatic rings. The molecule has 174 valence electrons. The minimum absolute atomic E-state index is 0.0302. The quantitative estimate of drug-likeness (QED) is 0.383. The summed E-state index contributed by atoms with van der Waals surface area (Å²) >= 11 is 1.60. The van der Waals surface area contributed by atoms with Gasteiger partial charge in [0.05, 0.1) is 19.2 Å². The summed E-state index contributed by atoms with van der Waals surface area (Å²) in [6.07, 6.45) is 6.02. The average Bonchev–Trinajstić information content (AvgIpc) is 3.27. The fourth-order valence-corrected chi connectivity index (χ4v) is 5.87. The van der Waals surface area contributed by atoms with Crippen LogP contribution in [0.4, 0.5) is 0 Å². The summed E-state index contributed by atoms with van der Waals surface area (Å²) in [4.78, 5) is 16.2. The van der Waals surface area contributed by atoms with Gasteiger partial charge in [0.2, 0.25) is 5.69 Å². The highest BCUT2D eigenvalue weighted by atomic mass is 32.2. The molecule has 8 heteroatoms. The first-order valence-electron chi connectivity index (χ1n) is 11.4. The second-order valence-electron chi connectivity index (χ2n) is 8.60. The van der Waals surface area contributed by atoms with Crippen LogP contribution in [0.2, 0.25) is 0 Å². The zero-order valence-electron chi connectivity index (χ0n) is 18.9. The van der Waals surface area contributed by atoms with Crippen molar-refractivity contribution in [2.75, 3.05) is 7.11 Å². The van der Waals surface area contributed by atoms with Crippen LogP contribution in [0.15, 0.2) is 65.8 Å². The topological polar surface area (TPSA) is 90.1 Å². The molecule has 0 bridgehead atoms. The van der Waals surface area contributed by atoms with Crippen LogP contribution in [0, 0.1) is 0 Å². The smallest absolute Gasteiger partial charge is 0.359 e. The average molecular weight is 475 g/mol. The van der Waals surface area contributed by atoms with E-state index in [1.165, 1.54) is 10.9 Å². The van der Waals surface area contributed by atoms with E-state index >= 15 is 0 Å². The van der Waals surface area contributed by atoms with Gasteiger partial charge in [0.15, 0.2) is 0 Å². The van der Waals surface area contributed by atoms with Crippen molar-refractivity contribution in [3.8, 4) is 5.75 Å². The molecule has 1 aliphatic rings. The van der Waals surface area contributed by atoms with Gasteiger partial charge in [-0.25, -0.2) is 9.48 Å². The maximum atomic E-state index is 11.8. The van der Waals surface area contributed by atoms with E-state index in [4.69, 9.17) is 4.74 Å². The highest BCUT2D eigenvalue weighted by Gasteiger charge is 2.28. The van der Waals surface area contributed by atoms with Crippen molar-refractivity contribution in [3.63, 3.8) is 0 Å². The lowest BCUT2D eigenvalue weighted by atomic mass is 9.83. The van der Waals surface area contributed by atoms with E-state index in [1.807, 2.05) is 36.5 Å².